The normalized spacial score (nSPS) is 10.8. The van der Waals surface area contributed by atoms with E-state index >= 15 is 0 Å². The number of ether oxygens (including phenoxy) is 2. The van der Waals surface area contributed by atoms with E-state index in [9.17, 15) is 4.79 Å². The van der Waals surface area contributed by atoms with E-state index in [1.807, 2.05) is 64.1 Å². The number of benzene rings is 2. The third-order valence-electron chi connectivity index (χ3n) is 3.86. The third-order valence-corrected chi connectivity index (χ3v) is 4.59. The predicted octanol–water partition coefficient (Wildman–Crippen LogP) is 5.45. The summed E-state index contributed by atoms with van der Waals surface area (Å²) >= 11 is 3.60. The summed E-state index contributed by atoms with van der Waals surface area (Å²) in [4.78, 5) is 11.7. The van der Waals surface area contributed by atoms with Gasteiger partial charge in [0.1, 0.15) is 0 Å². The number of halogens is 1. The Balaban J connectivity index is 2.04. The highest BCUT2D eigenvalue weighted by atomic mass is 79.9. The van der Waals surface area contributed by atoms with Crippen LogP contribution in [0.5, 0.6) is 11.5 Å². The molecule has 0 fully saturated rings. The van der Waals surface area contributed by atoms with E-state index < -0.39 is 0 Å². The third kappa shape index (κ3) is 6.17. The zero-order valence-corrected chi connectivity index (χ0v) is 18.0. The van der Waals surface area contributed by atoms with Crippen LogP contribution in [0.1, 0.15) is 33.3 Å². The van der Waals surface area contributed by atoms with Crippen molar-refractivity contribution in [1.82, 2.24) is 0 Å². The Hall–Kier alpha value is -2.21. The largest absolute Gasteiger partial charge is 0.493 e. The van der Waals surface area contributed by atoms with Gasteiger partial charge >= 0.3 is 0 Å². The number of hydrogen-bond donors (Lipinski definition) is 2. The molecule has 0 bridgehead atoms. The summed E-state index contributed by atoms with van der Waals surface area (Å²) < 4.78 is 12.2. The van der Waals surface area contributed by atoms with E-state index in [4.69, 9.17) is 9.47 Å². The first-order chi connectivity index (χ1) is 12.8. The molecule has 0 heterocycles. The molecule has 2 aromatic carbocycles. The average molecular weight is 435 g/mol. The van der Waals surface area contributed by atoms with Crippen molar-refractivity contribution in [3.8, 4) is 11.5 Å². The van der Waals surface area contributed by atoms with E-state index in [0.717, 1.165) is 21.4 Å². The van der Waals surface area contributed by atoms with Gasteiger partial charge in [0.25, 0.3) is 0 Å². The summed E-state index contributed by atoms with van der Waals surface area (Å²) in [6.45, 7) is 8.33. The number of rotatable bonds is 8. The maximum Gasteiger partial charge on any atom is 0.226 e. The van der Waals surface area contributed by atoms with Crippen molar-refractivity contribution in [2.24, 2.45) is 5.92 Å². The number of carbonyl (C=O) groups excluding carboxylic acids is 1. The van der Waals surface area contributed by atoms with Crippen molar-refractivity contribution in [3.63, 3.8) is 0 Å². The van der Waals surface area contributed by atoms with Crippen LogP contribution in [0, 0.1) is 5.92 Å². The van der Waals surface area contributed by atoms with Gasteiger partial charge in [-0.15, -0.1) is 0 Å². The van der Waals surface area contributed by atoms with Crippen LogP contribution in [-0.4, -0.2) is 19.1 Å². The van der Waals surface area contributed by atoms with Crippen LogP contribution < -0.4 is 20.1 Å². The molecule has 0 aliphatic heterocycles. The minimum atomic E-state index is -0.0437. The van der Waals surface area contributed by atoms with Gasteiger partial charge in [0.2, 0.25) is 5.91 Å². The lowest BCUT2D eigenvalue weighted by atomic mass is 10.2. The molecule has 2 aromatic rings. The fraction of sp³-hybridized carbons (Fsp3) is 0.381. The molecule has 146 valence electrons. The topological polar surface area (TPSA) is 59.6 Å². The summed E-state index contributed by atoms with van der Waals surface area (Å²) in [5.41, 5.74) is 2.81. The number of nitrogens with one attached hydrogen (secondary N) is 2. The van der Waals surface area contributed by atoms with Crippen LogP contribution in [0.2, 0.25) is 0 Å². The predicted molar refractivity (Wildman–Crippen MR) is 114 cm³/mol. The minimum absolute atomic E-state index is 0.00967. The summed E-state index contributed by atoms with van der Waals surface area (Å²) in [6.07, 6.45) is 0.0736. The smallest absolute Gasteiger partial charge is 0.226 e. The number of anilines is 2. The second-order valence-corrected chi connectivity index (χ2v) is 7.69. The highest BCUT2D eigenvalue weighted by Gasteiger charge is 2.12. The second-order valence-electron chi connectivity index (χ2n) is 6.84. The van der Waals surface area contributed by atoms with Crippen molar-refractivity contribution in [2.45, 2.75) is 40.3 Å². The van der Waals surface area contributed by atoms with Gasteiger partial charge in [-0.05, 0) is 55.8 Å². The zero-order valence-electron chi connectivity index (χ0n) is 16.4. The highest BCUT2D eigenvalue weighted by Crippen LogP contribution is 2.34. The summed E-state index contributed by atoms with van der Waals surface area (Å²) in [7, 11) is 1.64. The molecule has 0 atom stereocenters. The van der Waals surface area contributed by atoms with E-state index in [-0.39, 0.29) is 17.9 Å². The van der Waals surface area contributed by atoms with Crippen LogP contribution in [0.3, 0.4) is 0 Å². The van der Waals surface area contributed by atoms with Crippen molar-refractivity contribution < 1.29 is 14.3 Å². The lowest BCUT2D eigenvalue weighted by Crippen LogP contribution is -2.17. The SMILES string of the molecule is COc1cc(CNc2ccc(NC(=O)C(C)C)cc2)c(Br)cc1OC(C)C. The molecule has 2 rings (SSSR count). The maximum absolute atomic E-state index is 11.7. The molecule has 0 saturated carbocycles. The van der Waals surface area contributed by atoms with Crippen LogP contribution in [0.4, 0.5) is 11.4 Å². The molecule has 27 heavy (non-hydrogen) atoms. The van der Waals surface area contributed by atoms with Gasteiger partial charge < -0.3 is 20.1 Å². The molecule has 2 N–H and O–H groups in total. The molecule has 0 aromatic heterocycles. The summed E-state index contributed by atoms with van der Waals surface area (Å²) in [5, 5.41) is 6.26. The van der Waals surface area contributed by atoms with Gasteiger partial charge in [0.15, 0.2) is 11.5 Å². The number of methoxy groups -OCH3 is 1. The van der Waals surface area contributed by atoms with E-state index in [0.29, 0.717) is 18.0 Å². The summed E-state index contributed by atoms with van der Waals surface area (Å²) in [6, 6.07) is 11.6. The second kappa shape index (κ2) is 9.65. The number of hydrogen-bond acceptors (Lipinski definition) is 4. The Labute approximate surface area is 169 Å². The van der Waals surface area contributed by atoms with E-state index in [1.165, 1.54) is 0 Å². The maximum atomic E-state index is 11.7. The average Bonchev–Trinajstić information content (AvgIpc) is 2.61. The quantitative estimate of drug-likeness (QED) is 0.579. The van der Waals surface area contributed by atoms with Gasteiger partial charge in [-0.25, -0.2) is 0 Å². The first kappa shape index (κ1) is 21.1. The first-order valence-electron chi connectivity index (χ1n) is 8.98. The minimum Gasteiger partial charge on any atom is -0.493 e. The Morgan fingerprint density at radius 1 is 1.04 bits per heavy atom. The monoisotopic (exact) mass is 434 g/mol. The van der Waals surface area contributed by atoms with Crippen LogP contribution >= 0.6 is 15.9 Å². The molecular formula is C21H27BrN2O3. The van der Waals surface area contributed by atoms with Gasteiger partial charge in [-0.1, -0.05) is 29.8 Å². The Morgan fingerprint density at radius 3 is 2.22 bits per heavy atom. The first-order valence-corrected chi connectivity index (χ1v) is 9.77. The molecule has 1 amide bonds. The van der Waals surface area contributed by atoms with Crippen molar-refractivity contribution in [2.75, 3.05) is 17.7 Å². The molecule has 0 spiro atoms. The van der Waals surface area contributed by atoms with Crippen LogP contribution in [-0.2, 0) is 11.3 Å². The standard InChI is InChI=1S/C21H27BrN2O3/c1-13(2)21(25)24-17-8-6-16(7-9-17)23-12-15-10-19(26-5)20(11-18(15)22)27-14(3)4/h6-11,13-14,23H,12H2,1-5H3,(H,24,25). The van der Waals surface area contributed by atoms with Crippen LogP contribution in [0.25, 0.3) is 0 Å². The number of amides is 1. The van der Waals surface area contributed by atoms with E-state index in [2.05, 4.69) is 26.6 Å². The zero-order chi connectivity index (χ0) is 20.0. The molecule has 0 saturated heterocycles. The lowest BCUT2D eigenvalue weighted by molar-refractivity contribution is -0.118. The molecule has 6 heteroatoms. The van der Waals surface area contributed by atoms with Crippen molar-refractivity contribution in [1.29, 1.82) is 0 Å². The van der Waals surface area contributed by atoms with Crippen molar-refractivity contribution in [3.05, 3.63) is 46.4 Å². The van der Waals surface area contributed by atoms with Crippen molar-refractivity contribution >= 4 is 33.2 Å². The fourth-order valence-electron chi connectivity index (χ4n) is 2.37. The Bertz CT molecular complexity index is 774. The van der Waals surface area contributed by atoms with E-state index in [1.54, 1.807) is 7.11 Å². The molecular weight excluding hydrogens is 408 g/mol. The molecule has 0 unspecified atom stereocenters. The van der Waals surface area contributed by atoms with Gasteiger partial charge in [-0.2, -0.15) is 0 Å². The Kier molecular flexibility index (Phi) is 7.54. The number of carbonyl (C=O) groups is 1. The highest BCUT2D eigenvalue weighted by molar-refractivity contribution is 9.10. The molecule has 0 radical (unpaired) electrons. The fourth-order valence-corrected chi connectivity index (χ4v) is 2.84. The van der Waals surface area contributed by atoms with Gasteiger partial charge in [-0.3, -0.25) is 4.79 Å². The lowest BCUT2D eigenvalue weighted by Gasteiger charge is -2.16. The van der Waals surface area contributed by atoms with Gasteiger partial charge in [0.05, 0.1) is 13.2 Å². The molecule has 0 aliphatic rings. The molecule has 5 nitrogen and oxygen atoms in total. The van der Waals surface area contributed by atoms with Crippen LogP contribution in [0.15, 0.2) is 40.9 Å². The molecule has 0 aliphatic carbocycles. The van der Waals surface area contributed by atoms with Gasteiger partial charge in [0, 0.05) is 28.3 Å². The summed E-state index contributed by atoms with van der Waals surface area (Å²) in [5.74, 6) is 1.39. The Morgan fingerprint density at radius 2 is 1.67 bits per heavy atom.